The molecule has 0 aliphatic carbocycles. The van der Waals surface area contributed by atoms with Crippen molar-refractivity contribution in [2.75, 3.05) is 0 Å². The highest BCUT2D eigenvalue weighted by atomic mass is 32.1. The van der Waals surface area contributed by atoms with E-state index in [0.717, 1.165) is 55.4 Å². The Morgan fingerprint density at radius 3 is 2.02 bits per heavy atom. The maximum Gasteiger partial charge on any atom is 0.165 e. The van der Waals surface area contributed by atoms with E-state index in [-0.39, 0.29) is 0 Å². The fourth-order valence-corrected chi connectivity index (χ4v) is 9.54. The summed E-state index contributed by atoms with van der Waals surface area (Å²) < 4.78 is 11.8. The molecule has 0 bridgehead atoms. The number of hydrogen-bond donors (Lipinski definition) is 0. The van der Waals surface area contributed by atoms with Gasteiger partial charge in [-0.3, -0.25) is 4.98 Å². The maximum absolute atomic E-state index is 6.81. The summed E-state index contributed by atoms with van der Waals surface area (Å²) in [6.07, 6.45) is 3.53. The predicted molar refractivity (Wildman–Crippen MR) is 234 cm³/mol. The van der Waals surface area contributed by atoms with Crippen molar-refractivity contribution in [1.29, 1.82) is 0 Å². The average Bonchev–Trinajstić information content (AvgIpc) is 3.96. The molecule has 0 aliphatic rings. The number of pyridine rings is 1. The number of hydrogen-bond acceptors (Lipinski definition) is 6. The van der Waals surface area contributed by atoms with Crippen molar-refractivity contribution in [2.45, 2.75) is 0 Å². The van der Waals surface area contributed by atoms with Crippen LogP contribution in [0.2, 0.25) is 0 Å². The van der Waals surface area contributed by atoms with Gasteiger partial charge in [-0.25, -0.2) is 15.0 Å². The molecule has 0 fully saturated rings. The predicted octanol–water partition coefficient (Wildman–Crippen LogP) is 13.3. The first kappa shape index (κ1) is 31.8. The van der Waals surface area contributed by atoms with Crippen LogP contribution in [0.4, 0.5) is 0 Å². The summed E-state index contributed by atoms with van der Waals surface area (Å²) in [6.45, 7) is 0. The summed E-state index contributed by atoms with van der Waals surface area (Å²) >= 11 is 1.87. The molecule has 5 heterocycles. The molecule has 7 heteroatoms. The number of fused-ring (bicyclic) bond motifs is 10. The Bertz CT molecular complexity index is 3460. The summed E-state index contributed by atoms with van der Waals surface area (Å²) in [5, 5.41) is 7.12. The van der Waals surface area contributed by atoms with Gasteiger partial charge in [-0.15, -0.1) is 11.3 Å². The van der Waals surface area contributed by atoms with E-state index in [9.17, 15) is 0 Å². The third kappa shape index (κ3) is 5.03. The highest BCUT2D eigenvalue weighted by Crippen LogP contribution is 2.45. The van der Waals surface area contributed by atoms with E-state index in [2.05, 4.69) is 125 Å². The number of nitrogens with zero attached hydrogens (tertiary/aromatic N) is 5. The summed E-state index contributed by atoms with van der Waals surface area (Å²) in [6, 6.07) is 57.3. The van der Waals surface area contributed by atoms with E-state index in [4.69, 9.17) is 19.4 Å². The molecule has 0 spiro atoms. The summed E-state index contributed by atoms with van der Waals surface area (Å²) in [4.78, 5) is 19.0. The molecule has 6 nitrogen and oxygen atoms in total. The summed E-state index contributed by atoms with van der Waals surface area (Å²) in [7, 11) is 0. The van der Waals surface area contributed by atoms with Gasteiger partial charge in [-0.2, -0.15) is 0 Å². The van der Waals surface area contributed by atoms with Gasteiger partial charge in [0.05, 0.1) is 15.7 Å². The zero-order chi connectivity index (χ0) is 37.5. The molecule has 57 heavy (non-hydrogen) atoms. The lowest BCUT2D eigenvalue weighted by Crippen LogP contribution is -2.00. The van der Waals surface area contributed by atoms with Crippen LogP contribution in [-0.2, 0) is 0 Å². The van der Waals surface area contributed by atoms with Crippen LogP contribution in [0.15, 0.2) is 181 Å². The quantitative estimate of drug-likeness (QED) is 0.175. The van der Waals surface area contributed by atoms with E-state index in [1.54, 1.807) is 12.4 Å². The molecule has 0 radical (unpaired) electrons. The van der Waals surface area contributed by atoms with Crippen LogP contribution in [-0.4, -0.2) is 24.5 Å². The van der Waals surface area contributed by atoms with Crippen molar-refractivity contribution in [3.63, 3.8) is 0 Å². The maximum atomic E-state index is 6.81. The van der Waals surface area contributed by atoms with Crippen LogP contribution in [0.3, 0.4) is 0 Å². The normalized spacial score (nSPS) is 11.9. The molecule has 12 rings (SSSR count). The van der Waals surface area contributed by atoms with Crippen molar-refractivity contribution < 1.29 is 4.42 Å². The SMILES string of the molecule is c1ccc(-c2nc(-c3cccnc3)nc(-c3ccc4c(c3)oc3c(-c5ccc6c(c5)c5ccc7c8ccccc8sc7c5n6-c5ccccc5)cccc34)n2)cc1. The lowest BCUT2D eigenvalue weighted by Gasteiger charge is -2.09. The molecular formula is C50H29N5OS. The number of furan rings is 1. The van der Waals surface area contributed by atoms with Crippen LogP contribution in [0.1, 0.15) is 0 Å². The second-order valence-electron chi connectivity index (χ2n) is 14.2. The van der Waals surface area contributed by atoms with Crippen molar-refractivity contribution in [2.24, 2.45) is 0 Å². The molecule has 0 amide bonds. The molecule has 12 aromatic rings. The van der Waals surface area contributed by atoms with Gasteiger partial charge < -0.3 is 8.98 Å². The first-order chi connectivity index (χ1) is 28.2. The standard InChI is InChI=1S/C50H29N5OS/c1-3-11-30(12-4-1)48-52-49(54-50(53-48)33-13-10-26-51-29-33)32-20-22-36-39-18-9-17-35(46(39)56-43(36)28-32)31-21-25-42-41(27-31)38-23-24-40-37-16-7-8-19-44(37)57-47(40)45(38)55(42)34-14-5-2-6-15-34/h1-29H. The molecule has 7 aromatic carbocycles. The molecule has 0 atom stereocenters. The Balaban J connectivity index is 1.03. The molecule has 0 unspecified atom stereocenters. The third-order valence-corrected chi connectivity index (χ3v) is 12.1. The molecule has 0 saturated heterocycles. The van der Waals surface area contributed by atoms with Crippen LogP contribution < -0.4 is 0 Å². The van der Waals surface area contributed by atoms with Crippen molar-refractivity contribution >= 4 is 75.3 Å². The van der Waals surface area contributed by atoms with Gasteiger partial charge in [-0.1, -0.05) is 109 Å². The van der Waals surface area contributed by atoms with Crippen molar-refractivity contribution in [1.82, 2.24) is 24.5 Å². The van der Waals surface area contributed by atoms with Crippen molar-refractivity contribution in [3.05, 3.63) is 176 Å². The minimum atomic E-state index is 0.566. The first-order valence-corrected chi connectivity index (χ1v) is 19.7. The minimum absolute atomic E-state index is 0.566. The molecule has 266 valence electrons. The van der Waals surface area contributed by atoms with Crippen LogP contribution in [0, 0.1) is 0 Å². The molecular weight excluding hydrogens is 719 g/mol. The van der Waals surface area contributed by atoms with Crippen molar-refractivity contribution in [3.8, 4) is 51.0 Å². The summed E-state index contributed by atoms with van der Waals surface area (Å²) in [5.74, 6) is 1.73. The fourth-order valence-electron chi connectivity index (χ4n) is 8.30. The number of aromatic nitrogens is 5. The Kier molecular flexibility index (Phi) is 7.00. The van der Waals surface area contributed by atoms with Gasteiger partial charge in [0.25, 0.3) is 0 Å². The second-order valence-corrected chi connectivity index (χ2v) is 15.3. The zero-order valence-electron chi connectivity index (χ0n) is 30.3. The Morgan fingerprint density at radius 2 is 1.18 bits per heavy atom. The summed E-state index contributed by atoms with van der Waals surface area (Å²) in [5.41, 5.74) is 9.90. The minimum Gasteiger partial charge on any atom is -0.455 e. The second kappa shape index (κ2) is 12.5. The Hall–Kier alpha value is -7.48. The first-order valence-electron chi connectivity index (χ1n) is 18.9. The smallest absolute Gasteiger partial charge is 0.165 e. The average molecular weight is 748 g/mol. The van der Waals surface area contributed by atoms with E-state index in [1.807, 2.05) is 59.9 Å². The van der Waals surface area contributed by atoms with E-state index in [0.29, 0.717) is 17.5 Å². The third-order valence-electron chi connectivity index (χ3n) is 10.9. The largest absolute Gasteiger partial charge is 0.455 e. The number of thiophene rings is 1. The molecule has 0 N–H and O–H groups in total. The molecule has 0 saturated carbocycles. The lowest BCUT2D eigenvalue weighted by molar-refractivity contribution is 0.670. The number of rotatable bonds is 5. The van der Waals surface area contributed by atoms with Gasteiger partial charge in [0.2, 0.25) is 0 Å². The van der Waals surface area contributed by atoms with Gasteiger partial charge in [0.1, 0.15) is 11.2 Å². The Morgan fingerprint density at radius 1 is 0.474 bits per heavy atom. The topological polar surface area (TPSA) is 69.6 Å². The Labute approximate surface area is 330 Å². The van der Waals surface area contributed by atoms with Crippen LogP contribution >= 0.6 is 11.3 Å². The van der Waals surface area contributed by atoms with Gasteiger partial charge in [-0.05, 0) is 60.2 Å². The van der Waals surface area contributed by atoms with Gasteiger partial charge >= 0.3 is 0 Å². The van der Waals surface area contributed by atoms with Gasteiger partial charge in [0, 0.05) is 77.4 Å². The van der Waals surface area contributed by atoms with Gasteiger partial charge in [0.15, 0.2) is 17.5 Å². The fraction of sp³-hybridized carbons (Fsp3) is 0. The monoisotopic (exact) mass is 747 g/mol. The number of para-hydroxylation sites is 2. The highest BCUT2D eigenvalue weighted by Gasteiger charge is 2.20. The molecule has 5 aromatic heterocycles. The molecule has 0 aliphatic heterocycles. The van der Waals surface area contributed by atoms with E-state index in [1.165, 1.54) is 42.0 Å². The van der Waals surface area contributed by atoms with Crippen LogP contribution in [0.25, 0.3) is 115 Å². The number of benzene rings is 7. The lowest BCUT2D eigenvalue weighted by atomic mass is 10.00. The van der Waals surface area contributed by atoms with Crippen LogP contribution in [0.5, 0.6) is 0 Å². The zero-order valence-corrected chi connectivity index (χ0v) is 31.1. The van der Waals surface area contributed by atoms with E-state index >= 15 is 0 Å². The van der Waals surface area contributed by atoms with E-state index < -0.39 is 0 Å². The highest BCUT2D eigenvalue weighted by molar-refractivity contribution is 7.26.